The first-order valence-corrected chi connectivity index (χ1v) is 12.8. The molecule has 1 N–H and O–H groups in total. The van der Waals surface area contributed by atoms with Crippen molar-refractivity contribution in [1.82, 2.24) is 10.1 Å². The highest BCUT2D eigenvalue weighted by atomic mass is 16.5. The molecule has 1 aliphatic rings. The van der Waals surface area contributed by atoms with Crippen LogP contribution in [0.15, 0.2) is 95.5 Å². The van der Waals surface area contributed by atoms with Crippen molar-refractivity contribution in [3.8, 4) is 39.8 Å². The standard InChI is InChI=1S/C33H25N3O3/c1-21-29(19-28-6-3-7-30(35-28)26-5-2-4-22(18-26)20-34)31(39-36-21)25-10-8-23(9-11-25)24-12-14-27(15-13-24)33(16-17-33)32(37)38/h2-15,18H,16-17,19H2,1H3,(H,37,38). The monoisotopic (exact) mass is 511 g/mol. The zero-order chi connectivity index (χ0) is 27.0. The summed E-state index contributed by atoms with van der Waals surface area (Å²) in [6.07, 6.45) is 1.96. The molecule has 0 bridgehead atoms. The average molecular weight is 512 g/mol. The van der Waals surface area contributed by atoms with Crippen molar-refractivity contribution in [2.24, 2.45) is 0 Å². The number of carboxylic acids is 1. The van der Waals surface area contributed by atoms with Gasteiger partial charge in [-0.05, 0) is 60.7 Å². The third-order valence-electron chi connectivity index (χ3n) is 7.51. The van der Waals surface area contributed by atoms with Crippen LogP contribution in [-0.4, -0.2) is 21.2 Å². The summed E-state index contributed by atoms with van der Waals surface area (Å²) >= 11 is 0. The summed E-state index contributed by atoms with van der Waals surface area (Å²) in [4.78, 5) is 16.5. The zero-order valence-corrected chi connectivity index (χ0v) is 21.4. The summed E-state index contributed by atoms with van der Waals surface area (Å²) in [5.74, 6) is -0.0295. The Kier molecular flexibility index (Phi) is 6.05. The number of hydrogen-bond acceptors (Lipinski definition) is 5. The molecule has 0 aliphatic heterocycles. The second-order valence-electron chi connectivity index (χ2n) is 10.0. The Morgan fingerprint density at radius 3 is 2.26 bits per heavy atom. The van der Waals surface area contributed by atoms with Crippen molar-refractivity contribution in [3.05, 3.63) is 119 Å². The van der Waals surface area contributed by atoms with Crippen LogP contribution >= 0.6 is 0 Å². The molecule has 0 radical (unpaired) electrons. The first-order chi connectivity index (χ1) is 19.0. The summed E-state index contributed by atoms with van der Waals surface area (Å²) in [6.45, 7) is 1.93. The summed E-state index contributed by atoms with van der Waals surface area (Å²) in [5, 5.41) is 23.0. The lowest BCUT2D eigenvalue weighted by Crippen LogP contribution is -2.19. The van der Waals surface area contributed by atoms with Gasteiger partial charge in [0.05, 0.1) is 28.4 Å². The van der Waals surface area contributed by atoms with E-state index in [0.29, 0.717) is 30.6 Å². The van der Waals surface area contributed by atoms with E-state index in [1.165, 1.54) is 0 Å². The van der Waals surface area contributed by atoms with E-state index in [9.17, 15) is 15.2 Å². The van der Waals surface area contributed by atoms with Gasteiger partial charge in [-0.3, -0.25) is 9.78 Å². The number of nitriles is 1. The number of aromatic nitrogens is 2. The molecule has 1 saturated carbocycles. The van der Waals surface area contributed by atoms with E-state index in [1.807, 2.05) is 91.9 Å². The Balaban J connectivity index is 1.24. The summed E-state index contributed by atoms with van der Waals surface area (Å²) in [6, 6.07) is 31.5. The lowest BCUT2D eigenvalue weighted by atomic mass is 9.93. The van der Waals surface area contributed by atoms with E-state index in [1.54, 1.807) is 6.07 Å². The number of carbonyl (C=O) groups is 1. The topological polar surface area (TPSA) is 100 Å². The quantitative estimate of drug-likeness (QED) is 0.254. The van der Waals surface area contributed by atoms with Gasteiger partial charge in [-0.1, -0.05) is 71.9 Å². The molecule has 0 spiro atoms. The van der Waals surface area contributed by atoms with Crippen molar-refractivity contribution in [2.45, 2.75) is 31.6 Å². The molecule has 39 heavy (non-hydrogen) atoms. The first kappa shape index (κ1) is 24.3. The number of nitrogens with zero attached hydrogens (tertiary/aromatic N) is 3. The smallest absolute Gasteiger partial charge is 0.314 e. The minimum Gasteiger partial charge on any atom is -0.481 e. The largest absolute Gasteiger partial charge is 0.481 e. The van der Waals surface area contributed by atoms with Gasteiger partial charge in [0.1, 0.15) is 0 Å². The minimum atomic E-state index is -0.743. The van der Waals surface area contributed by atoms with Crippen LogP contribution in [0.1, 0.15) is 40.9 Å². The molecule has 1 fully saturated rings. The Morgan fingerprint density at radius 1 is 0.923 bits per heavy atom. The second-order valence-corrected chi connectivity index (χ2v) is 10.0. The number of carboxylic acid groups (broad SMARTS) is 1. The molecular weight excluding hydrogens is 486 g/mol. The van der Waals surface area contributed by atoms with Crippen LogP contribution in [0.2, 0.25) is 0 Å². The van der Waals surface area contributed by atoms with Crippen molar-refractivity contribution >= 4 is 5.97 Å². The second kappa shape index (κ2) is 9.70. The lowest BCUT2D eigenvalue weighted by molar-refractivity contribution is -0.140. The molecule has 190 valence electrons. The third-order valence-corrected chi connectivity index (χ3v) is 7.51. The molecule has 0 saturated heterocycles. The van der Waals surface area contributed by atoms with Crippen LogP contribution in [0, 0.1) is 18.3 Å². The predicted molar refractivity (Wildman–Crippen MR) is 148 cm³/mol. The van der Waals surface area contributed by atoms with Crippen LogP contribution in [0.3, 0.4) is 0 Å². The Labute approximate surface area is 226 Å². The van der Waals surface area contributed by atoms with Crippen molar-refractivity contribution in [2.75, 3.05) is 0 Å². The minimum absolute atomic E-state index is 0.561. The zero-order valence-electron chi connectivity index (χ0n) is 21.4. The molecule has 3 aromatic carbocycles. The van der Waals surface area contributed by atoms with Crippen molar-refractivity contribution < 1.29 is 14.4 Å². The highest BCUT2D eigenvalue weighted by Gasteiger charge is 2.51. The fraction of sp³-hybridized carbons (Fsp3) is 0.152. The molecule has 2 aromatic heterocycles. The van der Waals surface area contributed by atoms with Crippen molar-refractivity contribution in [1.29, 1.82) is 5.26 Å². The average Bonchev–Trinajstić information content (AvgIpc) is 3.72. The Morgan fingerprint density at radius 2 is 1.59 bits per heavy atom. The number of aliphatic carboxylic acids is 1. The van der Waals surface area contributed by atoms with Gasteiger partial charge >= 0.3 is 5.97 Å². The van der Waals surface area contributed by atoms with Gasteiger partial charge in [-0.25, -0.2) is 0 Å². The van der Waals surface area contributed by atoms with Crippen molar-refractivity contribution in [3.63, 3.8) is 0 Å². The number of benzene rings is 3. The lowest BCUT2D eigenvalue weighted by Gasteiger charge is -2.11. The number of rotatable bonds is 7. The maximum Gasteiger partial charge on any atom is 0.314 e. The SMILES string of the molecule is Cc1noc(-c2ccc(-c3ccc(C4(C(=O)O)CC4)cc3)cc2)c1Cc1cccc(-c2cccc(C#N)c2)n1. The van der Waals surface area contributed by atoms with Crippen LogP contribution in [0.5, 0.6) is 0 Å². The third kappa shape index (κ3) is 4.60. The van der Waals surface area contributed by atoms with E-state index >= 15 is 0 Å². The van der Waals surface area contributed by atoms with Gasteiger partial charge in [0, 0.05) is 28.8 Å². The maximum atomic E-state index is 11.6. The highest BCUT2D eigenvalue weighted by Crippen LogP contribution is 2.48. The van der Waals surface area contributed by atoms with Crippen LogP contribution < -0.4 is 0 Å². The van der Waals surface area contributed by atoms with Crippen LogP contribution in [0.25, 0.3) is 33.7 Å². The molecular formula is C33H25N3O3. The summed E-state index contributed by atoms with van der Waals surface area (Å²) in [7, 11) is 0. The van der Waals surface area contributed by atoms with E-state index in [0.717, 1.165) is 50.5 Å². The molecule has 6 heteroatoms. The summed E-state index contributed by atoms with van der Waals surface area (Å²) in [5.41, 5.74) is 8.15. The van der Waals surface area contributed by atoms with Gasteiger partial charge in [-0.15, -0.1) is 0 Å². The number of pyridine rings is 1. The fourth-order valence-corrected chi connectivity index (χ4v) is 5.04. The van der Waals surface area contributed by atoms with E-state index in [2.05, 4.69) is 11.2 Å². The molecule has 0 atom stereocenters. The van der Waals surface area contributed by atoms with E-state index < -0.39 is 11.4 Å². The highest BCUT2D eigenvalue weighted by molar-refractivity contribution is 5.85. The van der Waals surface area contributed by atoms with Gasteiger partial charge in [0.2, 0.25) is 0 Å². The molecule has 0 amide bonds. The van der Waals surface area contributed by atoms with E-state index in [4.69, 9.17) is 9.51 Å². The predicted octanol–water partition coefficient (Wildman–Crippen LogP) is 6.96. The first-order valence-electron chi connectivity index (χ1n) is 12.8. The van der Waals surface area contributed by atoms with E-state index in [-0.39, 0.29) is 0 Å². The Bertz CT molecular complexity index is 1720. The molecule has 2 heterocycles. The Hall–Kier alpha value is -5.02. The van der Waals surface area contributed by atoms with Gasteiger partial charge in [0.25, 0.3) is 0 Å². The molecule has 6 nitrogen and oxygen atoms in total. The van der Waals surface area contributed by atoms with Gasteiger partial charge < -0.3 is 9.63 Å². The van der Waals surface area contributed by atoms with Crippen LogP contribution in [-0.2, 0) is 16.6 Å². The fourth-order valence-electron chi connectivity index (χ4n) is 5.04. The van der Waals surface area contributed by atoms with Gasteiger partial charge in [0.15, 0.2) is 5.76 Å². The van der Waals surface area contributed by atoms with Crippen LogP contribution in [0.4, 0.5) is 0 Å². The summed E-state index contributed by atoms with van der Waals surface area (Å²) < 4.78 is 5.76. The van der Waals surface area contributed by atoms with Gasteiger partial charge in [-0.2, -0.15) is 5.26 Å². The number of hydrogen-bond donors (Lipinski definition) is 1. The molecule has 0 unspecified atom stereocenters. The normalized spacial score (nSPS) is 13.5. The molecule has 5 aromatic rings. The number of aryl methyl sites for hydroxylation is 1. The molecule has 6 rings (SSSR count). The maximum absolute atomic E-state index is 11.6. The molecule has 1 aliphatic carbocycles.